The van der Waals surface area contributed by atoms with E-state index in [1.165, 1.54) is 24.3 Å². The lowest BCUT2D eigenvalue weighted by Gasteiger charge is -2.16. The second kappa shape index (κ2) is 9.23. The molecule has 0 unspecified atom stereocenters. The van der Waals surface area contributed by atoms with Gasteiger partial charge in [-0.3, -0.25) is 14.3 Å². The Morgan fingerprint density at radius 1 is 0.750 bits per heavy atom. The number of benzene rings is 3. The first kappa shape index (κ1) is 21.6. The van der Waals surface area contributed by atoms with Gasteiger partial charge in [0.05, 0.1) is 4.90 Å². The van der Waals surface area contributed by atoms with Gasteiger partial charge in [0.2, 0.25) is 0 Å². The molecule has 2 N–H and O–H groups in total. The summed E-state index contributed by atoms with van der Waals surface area (Å²) in [6.45, 7) is 1.51. The molecule has 0 atom stereocenters. The third kappa shape index (κ3) is 4.97. The van der Waals surface area contributed by atoms with Crippen molar-refractivity contribution >= 4 is 33.2 Å². The lowest BCUT2D eigenvalue weighted by Crippen LogP contribution is -2.27. The van der Waals surface area contributed by atoms with Crippen molar-refractivity contribution in [2.75, 3.05) is 23.1 Å². The fourth-order valence-electron chi connectivity index (χ4n) is 3.54. The number of nitrogens with zero attached hydrogens (tertiary/aromatic N) is 1. The average molecular weight is 450 g/mol. The summed E-state index contributed by atoms with van der Waals surface area (Å²) >= 11 is 0. The van der Waals surface area contributed by atoms with E-state index >= 15 is 0 Å². The number of carbonyl (C=O) groups excluding carboxylic acids is 2. The Morgan fingerprint density at radius 2 is 1.41 bits per heavy atom. The van der Waals surface area contributed by atoms with Crippen molar-refractivity contribution in [2.24, 2.45) is 0 Å². The first-order chi connectivity index (χ1) is 15.4. The van der Waals surface area contributed by atoms with Gasteiger partial charge in [-0.2, -0.15) is 0 Å². The molecule has 0 radical (unpaired) electrons. The van der Waals surface area contributed by atoms with Crippen LogP contribution in [0.5, 0.6) is 0 Å². The van der Waals surface area contributed by atoms with Crippen LogP contribution in [0.2, 0.25) is 0 Å². The van der Waals surface area contributed by atoms with Crippen molar-refractivity contribution in [1.82, 2.24) is 4.90 Å². The molecule has 8 heteroatoms. The molecule has 0 aliphatic carbocycles. The predicted molar refractivity (Wildman–Crippen MR) is 123 cm³/mol. The van der Waals surface area contributed by atoms with E-state index < -0.39 is 15.9 Å². The zero-order chi connectivity index (χ0) is 22.6. The zero-order valence-corrected chi connectivity index (χ0v) is 18.1. The minimum absolute atomic E-state index is 0.0425. The van der Waals surface area contributed by atoms with Gasteiger partial charge in [0.15, 0.2) is 0 Å². The van der Waals surface area contributed by atoms with Crippen LogP contribution in [0.25, 0.3) is 0 Å². The van der Waals surface area contributed by atoms with Crippen LogP contribution in [0.3, 0.4) is 0 Å². The highest BCUT2D eigenvalue weighted by Crippen LogP contribution is 2.19. The normalized spacial score (nSPS) is 13.6. The summed E-state index contributed by atoms with van der Waals surface area (Å²) in [5.41, 5.74) is 1.79. The highest BCUT2D eigenvalue weighted by molar-refractivity contribution is 7.92. The molecule has 1 aliphatic rings. The first-order valence-electron chi connectivity index (χ1n) is 10.3. The summed E-state index contributed by atoms with van der Waals surface area (Å²) in [5.74, 6) is -0.435. The first-order valence-corrected chi connectivity index (χ1v) is 11.8. The molecule has 164 valence electrons. The van der Waals surface area contributed by atoms with Gasteiger partial charge in [-0.05, 0) is 67.4 Å². The maximum atomic E-state index is 12.6. The number of hydrogen-bond donors (Lipinski definition) is 2. The van der Waals surface area contributed by atoms with Crippen molar-refractivity contribution < 1.29 is 18.0 Å². The van der Waals surface area contributed by atoms with E-state index in [0.717, 1.165) is 25.9 Å². The Morgan fingerprint density at radius 3 is 2.09 bits per heavy atom. The Kier molecular flexibility index (Phi) is 6.23. The molecule has 1 fully saturated rings. The third-order valence-electron chi connectivity index (χ3n) is 5.21. The molecular weight excluding hydrogens is 426 g/mol. The Balaban J connectivity index is 1.44. The molecular formula is C24H23N3O4S. The van der Waals surface area contributed by atoms with Crippen LogP contribution >= 0.6 is 0 Å². The lowest BCUT2D eigenvalue weighted by molar-refractivity contribution is 0.0792. The van der Waals surface area contributed by atoms with Crippen molar-refractivity contribution in [3.05, 3.63) is 90.0 Å². The number of hydrogen-bond acceptors (Lipinski definition) is 4. The van der Waals surface area contributed by atoms with E-state index in [0.29, 0.717) is 22.5 Å². The zero-order valence-electron chi connectivity index (χ0n) is 17.3. The van der Waals surface area contributed by atoms with Crippen LogP contribution in [0, 0.1) is 0 Å². The minimum atomic E-state index is -3.76. The second-order valence-corrected chi connectivity index (χ2v) is 9.21. The highest BCUT2D eigenvalue weighted by Gasteiger charge is 2.20. The quantitative estimate of drug-likeness (QED) is 0.595. The number of anilines is 2. The third-order valence-corrected chi connectivity index (χ3v) is 6.61. The van der Waals surface area contributed by atoms with Crippen LogP contribution in [-0.4, -0.2) is 38.2 Å². The minimum Gasteiger partial charge on any atom is -0.339 e. The number of carbonyl (C=O) groups is 2. The van der Waals surface area contributed by atoms with Crippen LogP contribution in [0.1, 0.15) is 33.6 Å². The number of para-hydroxylation sites is 1. The van der Waals surface area contributed by atoms with Gasteiger partial charge in [-0.1, -0.05) is 24.3 Å². The number of amides is 2. The molecule has 0 bridgehead atoms. The van der Waals surface area contributed by atoms with Gasteiger partial charge < -0.3 is 10.2 Å². The molecule has 1 heterocycles. The Labute approximate surface area is 187 Å². The molecule has 0 spiro atoms. The molecule has 32 heavy (non-hydrogen) atoms. The molecule has 4 rings (SSSR count). The van der Waals surface area contributed by atoms with E-state index in [4.69, 9.17) is 0 Å². The molecule has 3 aromatic rings. The maximum Gasteiger partial charge on any atom is 0.261 e. The maximum absolute atomic E-state index is 12.6. The summed E-state index contributed by atoms with van der Waals surface area (Å²) in [7, 11) is -3.76. The van der Waals surface area contributed by atoms with Gasteiger partial charge in [0.1, 0.15) is 0 Å². The van der Waals surface area contributed by atoms with Gasteiger partial charge >= 0.3 is 0 Å². The van der Waals surface area contributed by atoms with Crippen LogP contribution < -0.4 is 10.0 Å². The summed E-state index contributed by atoms with van der Waals surface area (Å²) in [5, 5.41) is 2.77. The topological polar surface area (TPSA) is 95.6 Å². The van der Waals surface area contributed by atoms with Crippen molar-refractivity contribution in [2.45, 2.75) is 17.7 Å². The van der Waals surface area contributed by atoms with Crippen molar-refractivity contribution in [1.29, 1.82) is 0 Å². The molecule has 7 nitrogen and oxygen atoms in total. The molecule has 1 aliphatic heterocycles. The van der Waals surface area contributed by atoms with E-state index in [-0.39, 0.29) is 10.8 Å². The van der Waals surface area contributed by atoms with Crippen LogP contribution in [0.15, 0.2) is 83.8 Å². The van der Waals surface area contributed by atoms with Crippen molar-refractivity contribution in [3.63, 3.8) is 0 Å². The van der Waals surface area contributed by atoms with E-state index in [9.17, 15) is 18.0 Å². The molecule has 0 aromatic heterocycles. The number of sulfonamides is 1. The summed E-state index contributed by atoms with van der Waals surface area (Å²) in [6.07, 6.45) is 2.02. The SMILES string of the molecule is O=C(Nc1cccc(C(=O)N2CCCC2)c1)c1ccc(S(=O)(=O)Nc2ccccc2)cc1. The fraction of sp³-hybridized carbons (Fsp3) is 0.167. The monoisotopic (exact) mass is 449 g/mol. The number of rotatable bonds is 6. The van der Waals surface area contributed by atoms with Gasteiger partial charge in [-0.25, -0.2) is 8.42 Å². The highest BCUT2D eigenvalue weighted by atomic mass is 32.2. The van der Waals surface area contributed by atoms with E-state index in [1.54, 1.807) is 54.6 Å². The predicted octanol–water partition coefficient (Wildman–Crippen LogP) is 3.98. The average Bonchev–Trinajstić information content (AvgIpc) is 3.34. The van der Waals surface area contributed by atoms with Gasteiger partial charge in [0, 0.05) is 35.6 Å². The smallest absolute Gasteiger partial charge is 0.261 e. The summed E-state index contributed by atoms with van der Waals surface area (Å²) in [6, 6.07) is 21.1. The van der Waals surface area contributed by atoms with Gasteiger partial charge in [-0.15, -0.1) is 0 Å². The molecule has 2 amide bonds. The molecule has 1 saturated heterocycles. The Hall–Kier alpha value is -3.65. The standard InChI is InChI=1S/C24H23N3O4S/c28-23(25-21-10-6-7-19(17-21)24(29)27-15-4-5-16-27)18-11-13-22(14-12-18)32(30,31)26-20-8-2-1-3-9-20/h1-3,6-14,17,26H,4-5,15-16H2,(H,25,28). The summed E-state index contributed by atoms with van der Waals surface area (Å²) < 4.78 is 27.6. The lowest BCUT2D eigenvalue weighted by atomic mass is 10.1. The Bertz CT molecular complexity index is 1220. The summed E-state index contributed by atoms with van der Waals surface area (Å²) in [4.78, 5) is 27.1. The van der Waals surface area contributed by atoms with Crippen LogP contribution in [-0.2, 0) is 10.0 Å². The van der Waals surface area contributed by atoms with E-state index in [2.05, 4.69) is 10.0 Å². The molecule has 0 saturated carbocycles. The van der Waals surface area contributed by atoms with Gasteiger partial charge in [0.25, 0.3) is 21.8 Å². The second-order valence-electron chi connectivity index (χ2n) is 7.53. The number of likely N-dealkylation sites (tertiary alicyclic amines) is 1. The number of nitrogens with one attached hydrogen (secondary N) is 2. The largest absolute Gasteiger partial charge is 0.339 e. The van der Waals surface area contributed by atoms with Crippen LogP contribution in [0.4, 0.5) is 11.4 Å². The molecule has 3 aromatic carbocycles. The van der Waals surface area contributed by atoms with E-state index in [1.807, 2.05) is 4.90 Å². The fourth-order valence-corrected chi connectivity index (χ4v) is 4.60. The van der Waals surface area contributed by atoms with Crippen molar-refractivity contribution in [3.8, 4) is 0 Å².